The fourth-order valence-electron chi connectivity index (χ4n) is 10.9. The Balaban J connectivity index is 1.59. The van der Waals surface area contributed by atoms with Crippen molar-refractivity contribution in [3.63, 3.8) is 0 Å². The van der Waals surface area contributed by atoms with E-state index >= 15 is 0 Å². The van der Waals surface area contributed by atoms with E-state index in [9.17, 15) is 14.7 Å². The van der Waals surface area contributed by atoms with Crippen molar-refractivity contribution < 1.29 is 19.4 Å². The normalized spacial score (nSPS) is 52.8. The van der Waals surface area contributed by atoms with Gasteiger partial charge < -0.3 is 9.84 Å². The number of carbonyl (C=O) groups is 2. The lowest BCUT2D eigenvalue weighted by molar-refractivity contribution is -0.194. The number of methoxy groups -OCH3 is 1. The Bertz CT molecular complexity index is 965. The number of allylic oxidation sites excluding steroid dienone is 2. The summed E-state index contributed by atoms with van der Waals surface area (Å²) >= 11 is 0. The van der Waals surface area contributed by atoms with E-state index in [1.807, 2.05) is 0 Å². The molecule has 0 amide bonds. The molecule has 0 aromatic heterocycles. The SMILES string of the molecule is COC(=O)[C@@H]1C[C@H](O)[C@]2(C)CC[C@]3(C)C(=CC[C@@H]4[C@@]5(C)CCC(=O)C(C)(C)[C@H]5CC[C@]43C)[C@@H]2[C@H]1C. The summed E-state index contributed by atoms with van der Waals surface area (Å²) in [6.07, 6.45) is 9.72. The maximum absolute atomic E-state index is 12.9. The van der Waals surface area contributed by atoms with Crippen molar-refractivity contribution in [2.24, 2.45) is 56.7 Å². The van der Waals surface area contributed by atoms with Crippen LogP contribution < -0.4 is 0 Å². The fraction of sp³-hybridized carbons (Fsp3) is 0.871. The molecule has 4 saturated carbocycles. The Morgan fingerprint density at radius 3 is 2.34 bits per heavy atom. The summed E-state index contributed by atoms with van der Waals surface area (Å²) in [6, 6.07) is 0. The van der Waals surface area contributed by atoms with E-state index < -0.39 is 6.10 Å². The van der Waals surface area contributed by atoms with Crippen LogP contribution in [0.4, 0.5) is 0 Å². The zero-order chi connectivity index (χ0) is 25.8. The van der Waals surface area contributed by atoms with E-state index in [4.69, 9.17) is 4.74 Å². The number of ether oxygens (including phenoxy) is 1. The zero-order valence-electron chi connectivity index (χ0n) is 23.4. The van der Waals surface area contributed by atoms with Crippen LogP contribution in [0, 0.1) is 56.7 Å². The van der Waals surface area contributed by atoms with Crippen LogP contribution in [0.2, 0.25) is 0 Å². The second-order valence-corrected chi connectivity index (χ2v) is 14.7. The molecule has 5 aliphatic rings. The first-order chi connectivity index (χ1) is 16.2. The van der Waals surface area contributed by atoms with Gasteiger partial charge in [0.25, 0.3) is 0 Å². The molecule has 4 heteroatoms. The average Bonchev–Trinajstić information content (AvgIpc) is 2.79. The number of rotatable bonds is 1. The van der Waals surface area contributed by atoms with Gasteiger partial charge in [0, 0.05) is 17.3 Å². The van der Waals surface area contributed by atoms with Crippen LogP contribution in [0.15, 0.2) is 11.6 Å². The topological polar surface area (TPSA) is 63.6 Å². The Morgan fingerprint density at radius 1 is 1.00 bits per heavy atom. The van der Waals surface area contributed by atoms with E-state index in [0.29, 0.717) is 30.5 Å². The van der Waals surface area contributed by atoms with Gasteiger partial charge in [0.2, 0.25) is 0 Å². The first-order valence-electron chi connectivity index (χ1n) is 14.2. The van der Waals surface area contributed by atoms with Gasteiger partial charge in [0.1, 0.15) is 5.78 Å². The molecule has 4 fully saturated rings. The number of carbonyl (C=O) groups excluding carboxylic acids is 2. The standard InChI is InChI=1S/C31H48O4/c1-18-19(26(34)35-8)17-24(33)29(5)15-16-30(6)20(25(18)29)9-10-22-28(4)13-12-23(32)27(2,3)21(28)11-14-31(22,30)7/h9,18-19,21-22,24-25,33H,10-17H2,1-8H3/t18-,19+,21+,22+,24-,25-,28-,29-,30+,31+/m0/s1. The van der Waals surface area contributed by atoms with Gasteiger partial charge in [-0.15, -0.1) is 0 Å². The summed E-state index contributed by atoms with van der Waals surface area (Å²) in [7, 11) is 1.47. The molecule has 4 nitrogen and oxygen atoms in total. The highest BCUT2D eigenvalue weighted by Crippen LogP contribution is 2.75. The van der Waals surface area contributed by atoms with Crippen LogP contribution in [-0.4, -0.2) is 30.1 Å². The number of esters is 1. The van der Waals surface area contributed by atoms with E-state index in [1.54, 1.807) is 0 Å². The predicted molar refractivity (Wildman–Crippen MR) is 137 cm³/mol. The van der Waals surface area contributed by atoms with E-state index in [-0.39, 0.29) is 50.8 Å². The summed E-state index contributed by atoms with van der Waals surface area (Å²) in [5.41, 5.74) is 1.45. The van der Waals surface area contributed by atoms with Gasteiger partial charge in [-0.2, -0.15) is 0 Å². The molecular weight excluding hydrogens is 436 g/mol. The first-order valence-corrected chi connectivity index (χ1v) is 14.2. The third-order valence-electron chi connectivity index (χ3n) is 13.4. The van der Waals surface area contributed by atoms with Gasteiger partial charge in [-0.1, -0.05) is 60.1 Å². The van der Waals surface area contributed by atoms with Crippen LogP contribution in [0.25, 0.3) is 0 Å². The van der Waals surface area contributed by atoms with Crippen LogP contribution in [-0.2, 0) is 14.3 Å². The van der Waals surface area contributed by atoms with Gasteiger partial charge in [-0.3, -0.25) is 9.59 Å². The van der Waals surface area contributed by atoms with Gasteiger partial charge in [-0.25, -0.2) is 0 Å². The summed E-state index contributed by atoms with van der Waals surface area (Å²) in [4.78, 5) is 25.7. The van der Waals surface area contributed by atoms with Crippen LogP contribution in [0.1, 0.15) is 99.8 Å². The maximum atomic E-state index is 12.9. The summed E-state index contributed by atoms with van der Waals surface area (Å²) in [6.45, 7) is 16.5. The lowest BCUT2D eigenvalue weighted by atomic mass is 9.33. The molecule has 35 heavy (non-hydrogen) atoms. The predicted octanol–water partition coefficient (Wildman–Crippen LogP) is 6.36. The van der Waals surface area contributed by atoms with Gasteiger partial charge >= 0.3 is 5.97 Å². The largest absolute Gasteiger partial charge is 0.469 e. The minimum atomic E-state index is -0.484. The van der Waals surface area contributed by atoms with Crippen molar-refractivity contribution in [3.8, 4) is 0 Å². The third-order valence-corrected chi connectivity index (χ3v) is 13.4. The highest BCUT2D eigenvalue weighted by atomic mass is 16.5. The monoisotopic (exact) mass is 484 g/mol. The number of ketones is 1. The minimum absolute atomic E-state index is 0.0473. The Labute approximate surface area is 212 Å². The van der Waals surface area contributed by atoms with E-state index in [0.717, 1.165) is 38.5 Å². The van der Waals surface area contributed by atoms with Crippen LogP contribution in [0.3, 0.4) is 0 Å². The smallest absolute Gasteiger partial charge is 0.309 e. The molecule has 0 bridgehead atoms. The number of hydrogen-bond acceptors (Lipinski definition) is 4. The first kappa shape index (κ1) is 25.5. The number of aliphatic hydroxyl groups is 1. The van der Waals surface area contributed by atoms with E-state index in [2.05, 4.69) is 54.5 Å². The van der Waals surface area contributed by atoms with Crippen molar-refractivity contribution in [1.82, 2.24) is 0 Å². The number of hydrogen-bond donors (Lipinski definition) is 1. The van der Waals surface area contributed by atoms with Crippen LogP contribution in [0.5, 0.6) is 0 Å². The summed E-state index contributed by atoms with van der Waals surface area (Å²) in [5.74, 6) is 1.38. The molecule has 0 aromatic rings. The molecule has 5 aliphatic carbocycles. The zero-order valence-corrected chi connectivity index (χ0v) is 23.4. The number of Topliss-reactive ketones (excluding diaryl/α,β-unsaturated/α-hetero) is 1. The molecule has 0 aliphatic heterocycles. The molecule has 5 rings (SSSR count). The fourth-order valence-corrected chi connectivity index (χ4v) is 10.9. The molecule has 0 spiro atoms. The van der Waals surface area contributed by atoms with Crippen molar-refractivity contribution >= 4 is 11.8 Å². The van der Waals surface area contributed by atoms with Gasteiger partial charge in [-0.05, 0) is 84.9 Å². The van der Waals surface area contributed by atoms with Crippen LogP contribution >= 0.6 is 0 Å². The maximum Gasteiger partial charge on any atom is 0.309 e. The molecule has 1 N–H and O–H groups in total. The minimum Gasteiger partial charge on any atom is -0.469 e. The number of fused-ring (bicyclic) bond motifs is 7. The van der Waals surface area contributed by atoms with Crippen molar-refractivity contribution in [2.45, 2.75) is 106 Å². The molecule has 0 unspecified atom stereocenters. The lowest BCUT2D eigenvalue weighted by Gasteiger charge is -2.71. The summed E-state index contributed by atoms with van der Waals surface area (Å²) < 4.78 is 5.19. The average molecular weight is 485 g/mol. The van der Waals surface area contributed by atoms with Crippen molar-refractivity contribution in [2.75, 3.05) is 7.11 Å². The lowest BCUT2D eigenvalue weighted by Crippen LogP contribution is -2.65. The van der Waals surface area contributed by atoms with Crippen molar-refractivity contribution in [3.05, 3.63) is 11.6 Å². The van der Waals surface area contributed by atoms with Crippen molar-refractivity contribution in [1.29, 1.82) is 0 Å². The van der Waals surface area contributed by atoms with Gasteiger partial charge in [0.05, 0.1) is 19.1 Å². The molecular formula is C31H48O4. The Hall–Kier alpha value is -1.16. The molecule has 0 radical (unpaired) electrons. The second-order valence-electron chi connectivity index (χ2n) is 14.7. The number of aliphatic hydroxyl groups excluding tert-OH is 1. The highest BCUT2D eigenvalue weighted by molar-refractivity contribution is 5.85. The molecule has 10 atom stereocenters. The third kappa shape index (κ3) is 3.01. The second kappa shape index (κ2) is 7.68. The van der Waals surface area contributed by atoms with E-state index in [1.165, 1.54) is 12.7 Å². The molecule has 0 aromatic carbocycles. The van der Waals surface area contributed by atoms with Gasteiger partial charge in [0.15, 0.2) is 0 Å². The summed E-state index contributed by atoms with van der Waals surface area (Å²) in [5, 5.41) is 11.4. The molecule has 196 valence electrons. The quantitative estimate of drug-likeness (QED) is 0.348. The molecule has 0 heterocycles. The highest BCUT2D eigenvalue weighted by Gasteiger charge is 2.69. The molecule has 0 saturated heterocycles. The Kier molecular flexibility index (Phi) is 5.59. The Morgan fingerprint density at radius 2 is 1.69 bits per heavy atom.